The Kier molecular flexibility index (Phi) is 5.74. The highest BCUT2D eigenvalue weighted by atomic mass is 32.1. The van der Waals surface area contributed by atoms with Crippen molar-refractivity contribution in [2.75, 3.05) is 11.9 Å². The molecular formula is C19H19N3O2S. The number of ether oxygens (including phenoxy) is 1. The highest BCUT2D eigenvalue weighted by Gasteiger charge is 2.10. The maximum atomic E-state index is 12.1. The normalized spacial score (nSPS) is 10.4. The van der Waals surface area contributed by atoms with Gasteiger partial charge in [-0.25, -0.2) is 0 Å². The number of carbonyl (C=O) groups is 1. The van der Waals surface area contributed by atoms with Gasteiger partial charge in [-0.3, -0.25) is 10.1 Å². The fourth-order valence-electron chi connectivity index (χ4n) is 2.35. The Bertz CT molecular complexity index is 833. The third kappa shape index (κ3) is 4.87. The second-order valence-electron chi connectivity index (χ2n) is 5.46. The van der Waals surface area contributed by atoms with Crippen LogP contribution in [0.4, 0.5) is 5.13 Å². The number of nitrogens with one attached hydrogen (secondary N) is 1. The van der Waals surface area contributed by atoms with E-state index in [4.69, 9.17) is 4.74 Å². The average Bonchev–Trinajstić information content (AvgIpc) is 3.09. The molecule has 0 spiro atoms. The van der Waals surface area contributed by atoms with Gasteiger partial charge in [-0.15, -0.1) is 10.2 Å². The number of benzene rings is 2. The molecule has 0 unspecified atom stereocenters. The lowest BCUT2D eigenvalue weighted by atomic mass is 10.0. The predicted molar refractivity (Wildman–Crippen MR) is 99.1 cm³/mol. The second kappa shape index (κ2) is 8.39. The van der Waals surface area contributed by atoms with Crippen LogP contribution in [0.5, 0.6) is 5.75 Å². The molecule has 1 heterocycles. The molecule has 0 aliphatic heterocycles. The van der Waals surface area contributed by atoms with Crippen LogP contribution in [0.25, 0.3) is 0 Å². The minimum absolute atomic E-state index is 0.0627. The van der Waals surface area contributed by atoms with Crippen LogP contribution in [0.2, 0.25) is 0 Å². The van der Waals surface area contributed by atoms with Gasteiger partial charge in [0.05, 0.1) is 0 Å². The summed E-state index contributed by atoms with van der Waals surface area (Å²) in [6.45, 7) is 1.94. The summed E-state index contributed by atoms with van der Waals surface area (Å²) in [7, 11) is 0. The van der Waals surface area contributed by atoms with Gasteiger partial charge in [-0.1, -0.05) is 66.8 Å². The molecule has 1 amide bonds. The standard InChI is InChI=1S/C19H19N3O2S/c1-2-18-21-22-19(25-18)20-17(23)13-24-16-11-7-6-10-15(16)12-14-8-4-3-5-9-14/h3-11H,2,12-13H2,1H3,(H,20,22,23). The molecule has 0 saturated heterocycles. The van der Waals surface area contributed by atoms with Gasteiger partial charge in [0, 0.05) is 6.42 Å². The van der Waals surface area contributed by atoms with Crippen LogP contribution in [0.15, 0.2) is 54.6 Å². The third-order valence-corrected chi connectivity index (χ3v) is 4.57. The molecular weight excluding hydrogens is 334 g/mol. The summed E-state index contributed by atoms with van der Waals surface area (Å²) in [5.74, 6) is 0.473. The lowest BCUT2D eigenvalue weighted by Gasteiger charge is -2.11. The zero-order valence-corrected chi connectivity index (χ0v) is 14.8. The zero-order chi connectivity index (χ0) is 17.5. The Morgan fingerprint density at radius 2 is 1.84 bits per heavy atom. The molecule has 128 valence electrons. The Morgan fingerprint density at radius 3 is 2.60 bits per heavy atom. The monoisotopic (exact) mass is 353 g/mol. The molecule has 0 bridgehead atoms. The van der Waals surface area contributed by atoms with Crippen LogP contribution in [-0.2, 0) is 17.6 Å². The second-order valence-corrected chi connectivity index (χ2v) is 6.52. The number of hydrogen-bond donors (Lipinski definition) is 1. The van der Waals surface area contributed by atoms with Gasteiger partial charge in [-0.2, -0.15) is 0 Å². The molecule has 1 aromatic heterocycles. The van der Waals surface area contributed by atoms with Crippen LogP contribution in [0.1, 0.15) is 23.1 Å². The highest BCUT2D eigenvalue weighted by molar-refractivity contribution is 7.15. The number of aromatic nitrogens is 2. The van der Waals surface area contributed by atoms with E-state index in [1.165, 1.54) is 16.9 Å². The molecule has 0 aliphatic rings. The van der Waals surface area contributed by atoms with Crippen LogP contribution in [-0.4, -0.2) is 22.7 Å². The van der Waals surface area contributed by atoms with Gasteiger partial charge >= 0.3 is 0 Å². The van der Waals surface area contributed by atoms with Crippen molar-refractivity contribution in [1.29, 1.82) is 0 Å². The minimum atomic E-state index is -0.242. The first kappa shape index (κ1) is 17.1. The van der Waals surface area contributed by atoms with Gasteiger partial charge < -0.3 is 4.74 Å². The molecule has 0 fully saturated rings. The van der Waals surface area contributed by atoms with E-state index in [2.05, 4.69) is 27.6 Å². The quantitative estimate of drug-likeness (QED) is 0.703. The zero-order valence-electron chi connectivity index (χ0n) is 13.9. The van der Waals surface area contributed by atoms with Crippen molar-refractivity contribution in [1.82, 2.24) is 10.2 Å². The maximum Gasteiger partial charge on any atom is 0.264 e. The van der Waals surface area contributed by atoms with Gasteiger partial charge in [0.15, 0.2) is 6.61 Å². The average molecular weight is 353 g/mol. The van der Waals surface area contributed by atoms with Crippen LogP contribution in [0.3, 0.4) is 0 Å². The summed E-state index contributed by atoms with van der Waals surface area (Å²) >= 11 is 1.38. The van der Waals surface area contributed by atoms with Crippen molar-refractivity contribution >= 4 is 22.4 Å². The molecule has 0 aliphatic carbocycles. The van der Waals surface area contributed by atoms with E-state index < -0.39 is 0 Å². The van der Waals surface area contributed by atoms with E-state index in [0.29, 0.717) is 10.9 Å². The third-order valence-electron chi connectivity index (χ3n) is 3.58. The number of carbonyl (C=O) groups excluding carboxylic acids is 1. The first-order valence-electron chi connectivity index (χ1n) is 8.11. The molecule has 0 saturated carbocycles. The van der Waals surface area contributed by atoms with Gasteiger partial charge in [0.2, 0.25) is 5.13 Å². The van der Waals surface area contributed by atoms with E-state index >= 15 is 0 Å². The summed E-state index contributed by atoms with van der Waals surface area (Å²) in [5.41, 5.74) is 2.25. The van der Waals surface area contributed by atoms with Crippen molar-refractivity contribution in [3.63, 3.8) is 0 Å². The first-order chi connectivity index (χ1) is 12.2. The predicted octanol–water partition coefficient (Wildman–Crippen LogP) is 3.71. The smallest absolute Gasteiger partial charge is 0.264 e. The van der Waals surface area contributed by atoms with Crippen molar-refractivity contribution in [2.45, 2.75) is 19.8 Å². The highest BCUT2D eigenvalue weighted by Crippen LogP contribution is 2.21. The number of rotatable bonds is 7. The Hall–Kier alpha value is -2.73. The first-order valence-corrected chi connectivity index (χ1v) is 8.93. The maximum absolute atomic E-state index is 12.1. The molecule has 2 aromatic carbocycles. The lowest BCUT2D eigenvalue weighted by Crippen LogP contribution is -2.20. The molecule has 3 aromatic rings. The summed E-state index contributed by atoms with van der Waals surface area (Å²) in [5, 5.41) is 12.0. The van der Waals surface area contributed by atoms with E-state index in [1.807, 2.05) is 49.4 Å². The Balaban J connectivity index is 1.60. The summed E-state index contributed by atoms with van der Waals surface area (Å²) < 4.78 is 5.72. The lowest BCUT2D eigenvalue weighted by molar-refractivity contribution is -0.118. The van der Waals surface area contributed by atoms with Crippen molar-refractivity contribution in [3.8, 4) is 5.75 Å². The number of hydrogen-bond acceptors (Lipinski definition) is 5. The molecule has 0 radical (unpaired) electrons. The molecule has 5 nitrogen and oxygen atoms in total. The van der Waals surface area contributed by atoms with Crippen LogP contribution < -0.4 is 10.1 Å². The summed E-state index contributed by atoms with van der Waals surface area (Å²) in [6, 6.07) is 17.9. The van der Waals surface area contributed by atoms with Gasteiger partial charge in [-0.05, 0) is 23.6 Å². The molecule has 1 N–H and O–H groups in total. The van der Waals surface area contributed by atoms with Crippen molar-refractivity contribution < 1.29 is 9.53 Å². The topological polar surface area (TPSA) is 64.1 Å². The summed E-state index contributed by atoms with van der Waals surface area (Å²) in [6.07, 6.45) is 1.56. The van der Waals surface area contributed by atoms with E-state index in [9.17, 15) is 4.79 Å². The fourth-order valence-corrected chi connectivity index (χ4v) is 3.05. The SMILES string of the molecule is CCc1nnc(NC(=O)COc2ccccc2Cc2ccccc2)s1. The van der Waals surface area contributed by atoms with Gasteiger partial charge in [0.1, 0.15) is 10.8 Å². The largest absolute Gasteiger partial charge is 0.483 e. The number of para-hydroxylation sites is 1. The van der Waals surface area contributed by atoms with Gasteiger partial charge in [0.25, 0.3) is 5.91 Å². The van der Waals surface area contributed by atoms with Crippen LogP contribution in [0, 0.1) is 0 Å². The number of anilines is 1. The van der Waals surface area contributed by atoms with Crippen LogP contribution >= 0.6 is 11.3 Å². The molecule has 3 rings (SSSR count). The number of aryl methyl sites for hydroxylation is 1. The number of amides is 1. The molecule has 6 heteroatoms. The van der Waals surface area contributed by atoms with Crippen molar-refractivity contribution in [2.24, 2.45) is 0 Å². The minimum Gasteiger partial charge on any atom is -0.483 e. The van der Waals surface area contributed by atoms with E-state index in [-0.39, 0.29) is 12.5 Å². The number of nitrogens with zero attached hydrogens (tertiary/aromatic N) is 2. The Labute approximate surface area is 150 Å². The van der Waals surface area contributed by atoms with E-state index in [1.54, 1.807) is 0 Å². The summed E-state index contributed by atoms with van der Waals surface area (Å²) in [4.78, 5) is 12.1. The Morgan fingerprint density at radius 1 is 1.08 bits per heavy atom. The van der Waals surface area contributed by atoms with E-state index in [0.717, 1.165) is 23.4 Å². The molecule has 0 atom stereocenters. The van der Waals surface area contributed by atoms with Crippen molar-refractivity contribution in [3.05, 3.63) is 70.7 Å². The fraction of sp³-hybridized carbons (Fsp3) is 0.211. The molecule has 25 heavy (non-hydrogen) atoms.